The molecule has 0 aliphatic carbocycles. The highest BCUT2D eigenvalue weighted by molar-refractivity contribution is 5.92. The van der Waals surface area contributed by atoms with Gasteiger partial charge in [0.05, 0.1) is 6.54 Å². The summed E-state index contributed by atoms with van der Waals surface area (Å²) in [5, 5.41) is 12.3. The number of piperazine rings is 1. The molecule has 1 amide bonds. The van der Waals surface area contributed by atoms with Crippen LogP contribution in [0.2, 0.25) is 0 Å². The summed E-state index contributed by atoms with van der Waals surface area (Å²) < 4.78 is 13.1. The highest BCUT2D eigenvalue weighted by atomic mass is 19.1. The minimum absolute atomic E-state index is 0.147. The third kappa shape index (κ3) is 4.23. The van der Waals surface area contributed by atoms with Crippen LogP contribution >= 0.6 is 0 Å². The molecule has 1 aliphatic rings. The molecule has 24 heavy (non-hydrogen) atoms. The Morgan fingerprint density at radius 1 is 1.08 bits per heavy atom. The van der Waals surface area contributed by atoms with Crippen molar-refractivity contribution in [2.75, 3.05) is 42.9 Å². The van der Waals surface area contributed by atoms with Crippen molar-refractivity contribution in [3.05, 3.63) is 54.3 Å². The van der Waals surface area contributed by atoms with Crippen molar-refractivity contribution >= 4 is 17.3 Å². The Morgan fingerprint density at radius 3 is 2.54 bits per heavy atom. The Morgan fingerprint density at radius 2 is 1.83 bits per heavy atom. The molecule has 5 nitrogen and oxygen atoms in total. The lowest BCUT2D eigenvalue weighted by atomic mass is 10.2. The van der Waals surface area contributed by atoms with Gasteiger partial charge in [0.25, 0.3) is 0 Å². The maximum atomic E-state index is 13.1. The fourth-order valence-electron chi connectivity index (χ4n) is 2.82. The van der Waals surface area contributed by atoms with E-state index in [0.717, 1.165) is 31.9 Å². The molecule has 0 radical (unpaired) electrons. The molecular weight excluding hydrogens is 309 g/mol. The van der Waals surface area contributed by atoms with Crippen molar-refractivity contribution in [2.24, 2.45) is 0 Å². The van der Waals surface area contributed by atoms with Gasteiger partial charge < -0.3 is 15.3 Å². The lowest BCUT2D eigenvalue weighted by molar-refractivity contribution is -0.117. The summed E-state index contributed by atoms with van der Waals surface area (Å²) in [6, 6.07) is 13.1. The molecule has 1 saturated heterocycles. The minimum atomic E-state index is -0.368. The lowest BCUT2D eigenvalue weighted by Crippen LogP contribution is -2.48. The van der Waals surface area contributed by atoms with E-state index in [2.05, 4.69) is 15.1 Å². The van der Waals surface area contributed by atoms with Crippen LogP contribution in [0.1, 0.15) is 0 Å². The second-order valence-corrected chi connectivity index (χ2v) is 5.84. The van der Waals surface area contributed by atoms with Crippen molar-refractivity contribution < 1.29 is 14.3 Å². The van der Waals surface area contributed by atoms with Crippen molar-refractivity contribution in [2.45, 2.75) is 0 Å². The van der Waals surface area contributed by atoms with E-state index in [9.17, 15) is 14.3 Å². The van der Waals surface area contributed by atoms with Crippen LogP contribution in [0.25, 0.3) is 0 Å². The minimum Gasteiger partial charge on any atom is -0.508 e. The average molecular weight is 329 g/mol. The van der Waals surface area contributed by atoms with Gasteiger partial charge >= 0.3 is 0 Å². The molecule has 6 heteroatoms. The van der Waals surface area contributed by atoms with Crippen LogP contribution in [-0.2, 0) is 4.79 Å². The fourth-order valence-corrected chi connectivity index (χ4v) is 2.82. The fraction of sp³-hybridized carbons (Fsp3) is 0.278. The second kappa shape index (κ2) is 7.31. The number of hydrogen-bond acceptors (Lipinski definition) is 4. The highest BCUT2D eigenvalue weighted by Gasteiger charge is 2.19. The Labute approximate surface area is 140 Å². The average Bonchev–Trinajstić information content (AvgIpc) is 2.55. The smallest absolute Gasteiger partial charge is 0.238 e. The first-order valence-corrected chi connectivity index (χ1v) is 7.92. The number of anilines is 2. The van der Waals surface area contributed by atoms with E-state index in [1.807, 2.05) is 12.1 Å². The number of carbonyl (C=O) groups excluding carboxylic acids is 1. The zero-order valence-corrected chi connectivity index (χ0v) is 13.3. The zero-order chi connectivity index (χ0) is 16.9. The Balaban J connectivity index is 1.49. The lowest BCUT2D eigenvalue weighted by Gasteiger charge is -2.35. The summed E-state index contributed by atoms with van der Waals surface area (Å²) in [4.78, 5) is 16.3. The van der Waals surface area contributed by atoms with E-state index in [1.54, 1.807) is 24.3 Å². The van der Waals surface area contributed by atoms with Gasteiger partial charge in [-0.2, -0.15) is 0 Å². The molecule has 1 heterocycles. The van der Waals surface area contributed by atoms with E-state index < -0.39 is 0 Å². The van der Waals surface area contributed by atoms with Gasteiger partial charge in [0.1, 0.15) is 11.6 Å². The third-order valence-electron chi connectivity index (χ3n) is 4.04. The summed E-state index contributed by atoms with van der Waals surface area (Å²) in [6.07, 6.45) is 0. The Hall–Kier alpha value is -2.60. The van der Waals surface area contributed by atoms with Gasteiger partial charge in [-0.15, -0.1) is 0 Å². The number of phenolic OH excluding ortho intramolecular Hbond substituents is 1. The summed E-state index contributed by atoms with van der Waals surface area (Å²) in [7, 11) is 0. The number of hydrogen-bond donors (Lipinski definition) is 2. The number of benzene rings is 2. The van der Waals surface area contributed by atoms with Crippen LogP contribution in [-0.4, -0.2) is 48.6 Å². The standard InChI is InChI=1S/C18H20FN3O2/c19-14-3-1-4-15(11-14)20-18(24)13-21-7-9-22(10-8-21)16-5-2-6-17(23)12-16/h1-6,11-12,23H,7-10,13H2,(H,20,24). The molecule has 2 N–H and O–H groups in total. The summed E-state index contributed by atoms with van der Waals surface area (Å²) in [5.74, 6) is -0.261. The molecule has 0 spiro atoms. The van der Waals surface area contributed by atoms with Crippen molar-refractivity contribution in [1.29, 1.82) is 0 Å². The first kappa shape index (κ1) is 16.3. The van der Waals surface area contributed by atoms with E-state index in [4.69, 9.17) is 0 Å². The quantitative estimate of drug-likeness (QED) is 0.904. The summed E-state index contributed by atoms with van der Waals surface area (Å²) >= 11 is 0. The van der Waals surface area contributed by atoms with Crippen LogP contribution in [0.5, 0.6) is 5.75 Å². The molecule has 0 bridgehead atoms. The largest absolute Gasteiger partial charge is 0.508 e. The van der Waals surface area contributed by atoms with Gasteiger partial charge in [-0.1, -0.05) is 12.1 Å². The molecule has 0 atom stereocenters. The van der Waals surface area contributed by atoms with Gasteiger partial charge in [-0.25, -0.2) is 4.39 Å². The number of phenols is 1. The van der Waals surface area contributed by atoms with Crippen LogP contribution in [0.4, 0.5) is 15.8 Å². The van der Waals surface area contributed by atoms with Gasteiger partial charge in [-0.3, -0.25) is 9.69 Å². The maximum Gasteiger partial charge on any atom is 0.238 e. The highest BCUT2D eigenvalue weighted by Crippen LogP contribution is 2.21. The molecule has 3 rings (SSSR count). The molecule has 1 fully saturated rings. The molecule has 0 saturated carbocycles. The number of aromatic hydroxyl groups is 1. The van der Waals surface area contributed by atoms with Crippen LogP contribution in [0.3, 0.4) is 0 Å². The third-order valence-corrected chi connectivity index (χ3v) is 4.04. The topological polar surface area (TPSA) is 55.8 Å². The summed E-state index contributed by atoms with van der Waals surface area (Å²) in [5.41, 5.74) is 1.46. The normalized spacial score (nSPS) is 15.3. The molecule has 2 aromatic rings. The number of nitrogens with one attached hydrogen (secondary N) is 1. The van der Waals surface area contributed by atoms with Crippen LogP contribution in [0, 0.1) is 5.82 Å². The van der Waals surface area contributed by atoms with E-state index in [-0.39, 0.29) is 24.0 Å². The molecule has 0 unspecified atom stereocenters. The van der Waals surface area contributed by atoms with Crippen molar-refractivity contribution in [1.82, 2.24) is 4.90 Å². The zero-order valence-electron chi connectivity index (χ0n) is 13.3. The van der Waals surface area contributed by atoms with Gasteiger partial charge in [0.2, 0.25) is 5.91 Å². The second-order valence-electron chi connectivity index (χ2n) is 5.84. The number of carbonyl (C=O) groups is 1. The van der Waals surface area contributed by atoms with E-state index in [0.29, 0.717) is 5.69 Å². The maximum absolute atomic E-state index is 13.1. The molecule has 0 aromatic heterocycles. The van der Waals surface area contributed by atoms with Crippen molar-refractivity contribution in [3.8, 4) is 5.75 Å². The summed E-state index contributed by atoms with van der Waals surface area (Å²) in [6.45, 7) is 3.37. The van der Waals surface area contributed by atoms with Gasteiger partial charge in [0.15, 0.2) is 0 Å². The SMILES string of the molecule is O=C(CN1CCN(c2cccc(O)c2)CC1)Nc1cccc(F)c1. The first-order valence-electron chi connectivity index (χ1n) is 7.92. The molecule has 126 valence electrons. The molecule has 1 aliphatic heterocycles. The predicted molar refractivity (Wildman–Crippen MR) is 91.8 cm³/mol. The van der Waals surface area contributed by atoms with Crippen LogP contribution in [0.15, 0.2) is 48.5 Å². The van der Waals surface area contributed by atoms with E-state index in [1.165, 1.54) is 12.1 Å². The number of halogens is 1. The first-order chi connectivity index (χ1) is 11.6. The van der Waals surface area contributed by atoms with Gasteiger partial charge in [-0.05, 0) is 30.3 Å². The Kier molecular flexibility index (Phi) is 4.96. The molecular formula is C18H20FN3O2. The van der Waals surface area contributed by atoms with Crippen molar-refractivity contribution in [3.63, 3.8) is 0 Å². The van der Waals surface area contributed by atoms with Gasteiger partial charge in [0, 0.05) is 43.6 Å². The van der Waals surface area contributed by atoms with Crippen LogP contribution < -0.4 is 10.2 Å². The predicted octanol–water partition coefficient (Wildman–Crippen LogP) is 2.29. The number of nitrogens with zero attached hydrogens (tertiary/aromatic N) is 2. The number of amides is 1. The number of rotatable bonds is 4. The molecule has 2 aromatic carbocycles. The Bertz CT molecular complexity index is 715. The monoisotopic (exact) mass is 329 g/mol. The van der Waals surface area contributed by atoms with E-state index >= 15 is 0 Å².